The topological polar surface area (TPSA) is 26.3 Å². The van der Waals surface area contributed by atoms with Crippen LogP contribution in [0.25, 0.3) is 10.8 Å². The molecule has 2 heteroatoms. The second-order valence-electron chi connectivity index (χ2n) is 9.62. The first-order valence-corrected chi connectivity index (χ1v) is 12.9. The number of unbranched alkanes of at least 4 members (excludes halogenated alkanes) is 6. The van der Waals surface area contributed by atoms with Crippen LogP contribution in [-0.2, 0) is 4.79 Å². The fourth-order valence-electron chi connectivity index (χ4n) is 5.06. The normalized spacial score (nSPS) is 18.9. The van der Waals surface area contributed by atoms with Crippen LogP contribution >= 0.6 is 0 Å². The number of hydrogen-bond donors (Lipinski definition) is 0. The van der Waals surface area contributed by atoms with Gasteiger partial charge in [0.05, 0.1) is 0 Å². The van der Waals surface area contributed by atoms with Gasteiger partial charge in [0.25, 0.3) is 0 Å². The number of carbonyl (C=O) groups excluding carboxylic acids is 1. The molecule has 0 heterocycles. The maximum absolute atomic E-state index is 11.9. The van der Waals surface area contributed by atoms with E-state index in [9.17, 15) is 4.79 Å². The summed E-state index contributed by atoms with van der Waals surface area (Å²) >= 11 is 0. The van der Waals surface area contributed by atoms with Gasteiger partial charge < -0.3 is 4.74 Å². The Hall–Kier alpha value is -1.83. The molecular weight excluding hydrogens is 380 g/mol. The monoisotopic (exact) mass is 422 g/mol. The fraction of sp³-hybridized carbons (Fsp3) is 0.621. The van der Waals surface area contributed by atoms with Crippen LogP contribution in [0.2, 0.25) is 0 Å². The van der Waals surface area contributed by atoms with E-state index < -0.39 is 0 Å². The lowest BCUT2D eigenvalue weighted by molar-refractivity contribution is -0.134. The summed E-state index contributed by atoms with van der Waals surface area (Å²) in [6.45, 7) is 4.38. The molecule has 0 unspecified atom stereocenters. The Morgan fingerprint density at radius 3 is 2.26 bits per heavy atom. The third-order valence-electron chi connectivity index (χ3n) is 7.09. The van der Waals surface area contributed by atoms with Crippen LogP contribution in [0.1, 0.15) is 115 Å². The molecule has 170 valence electrons. The van der Waals surface area contributed by atoms with Gasteiger partial charge in [0.2, 0.25) is 0 Å². The maximum atomic E-state index is 11.9. The highest BCUT2D eigenvalue weighted by molar-refractivity contribution is 5.85. The number of rotatable bonds is 12. The van der Waals surface area contributed by atoms with Crippen LogP contribution < -0.4 is 4.74 Å². The molecule has 1 saturated carbocycles. The fourth-order valence-corrected chi connectivity index (χ4v) is 5.06. The minimum atomic E-state index is -0.129. The minimum absolute atomic E-state index is 0.129. The van der Waals surface area contributed by atoms with Gasteiger partial charge in [-0.3, -0.25) is 4.79 Å². The summed E-state index contributed by atoms with van der Waals surface area (Å²) in [5, 5.41) is 2.40. The van der Waals surface area contributed by atoms with Crippen LogP contribution in [0.4, 0.5) is 0 Å². The van der Waals surface area contributed by atoms with Crippen molar-refractivity contribution in [3.63, 3.8) is 0 Å². The average Bonchev–Trinajstić information content (AvgIpc) is 2.80. The summed E-state index contributed by atoms with van der Waals surface area (Å²) in [6.07, 6.45) is 17.7. The van der Waals surface area contributed by atoms with E-state index in [1.807, 2.05) is 12.1 Å². The molecule has 0 radical (unpaired) electrons. The van der Waals surface area contributed by atoms with Crippen molar-refractivity contribution in [1.29, 1.82) is 0 Å². The summed E-state index contributed by atoms with van der Waals surface area (Å²) in [4.78, 5) is 11.9. The highest BCUT2D eigenvalue weighted by atomic mass is 16.5. The number of benzene rings is 2. The first-order valence-electron chi connectivity index (χ1n) is 12.9. The summed E-state index contributed by atoms with van der Waals surface area (Å²) in [6, 6.07) is 12.9. The molecule has 0 aliphatic heterocycles. The number of ether oxygens (including phenoxy) is 1. The molecular formula is C29H42O2. The third-order valence-corrected chi connectivity index (χ3v) is 7.09. The Balaban J connectivity index is 1.47. The van der Waals surface area contributed by atoms with Crippen LogP contribution in [0.3, 0.4) is 0 Å². The Bertz CT molecular complexity index is 801. The van der Waals surface area contributed by atoms with E-state index in [1.165, 1.54) is 81.6 Å². The van der Waals surface area contributed by atoms with Crippen molar-refractivity contribution in [2.24, 2.45) is 5.92 Å². The Kier molecular flexibility index (Phi) is 9.90. The molecule has 0 aromatic heterocycles. The van der Waals surface area contributed by atoms with E-state index in [2.05, 4.69) is 38.1 Å². The molecule has 0 saturated heterocycles. The van der Waals surface area contributed by atoms with Gasteiger partial charge in [0, 0.05) is 6.42 Å². The van der Waals surface area contributed by atoms with Crippen LogP contribution in [0.5, 0.6) is 5.75 Å². The molecule has 2 nitrogen and oxygen atoms in total. The second kappa shape index (κ2) is 12.9. The van der Waals surface area contributed by atoms with E-state index in [1.54, 1.807) is 0 Å². The predicted molar refractivity (Wildman–Crippen MR) is 132 cm³/mol. The summed E-state index contributed by atoms with van der Waals surface area (Å²) in [5.74, 6) is 2.19. The molecule has 1 aliphatic carbocycles. The van der Waals surface area contributed by atoms with Gasteiger partial charge in [-0.05, 0) is 72.4 Å². The molecule has 1 fully saturated rings. The molecule has 3 rings (SSSR count). The van der Waals surface area contributed by atoms with Crippen molar-refractivity contribution in [2.45, 2.75) is 110 Å². The van der Waals surface area contributed by atoms with Crippen LogP contribution in [0, 0.1) is 5.92 Å². The van der Waals surface area contributed by atoms with Crippen molar-refractivity contribution in [1.82, 2.24) is 0 Å². The molecule has 0 N–H and O–H groups in total. The zero-order valence-corrected chi connectivity index (χ0v) is 19.8. The first kappa shape index (κ1) is 23.8. The van der Waals surface area contributed by atoms with Crippen molar-refractivity contribution in [2.75, 3.05) is 0 Å². The molecule has 2 aromatic rings. The molecule has 0 amide bonds. The van der Waals surface area contributed by atoms with Gasteiger partial charge in [-0.1, -0.05) is 89.5 Å². The summed E-state index contributed by atoms with van der Waals surface area (Å²) in [7, 11) is 0. The number of hydrogen-bond acceptors (Lipinski definition) is 2. The lowest BCUT2D eigenvalue weighted by atomic mass is 9.76. The standard InChI is InChI=1S/C29H42O2/c1-3-5-7-8-9-10-11-23-13-15-24(16-14-23)25-17-18-27-22-28(20-19-26(27)21-25)31-29(30)12-6-4-2/h17-24H,3-16H2,1-2H3. The highest BCUT2D eigenvalue weighted by Crippen LogP contribution is 2.38. The van der Waals surface area contributed by atoms with Crippen molar-refractivity contribution in [3.8, 4) is 5.75 Å². The van der Waals surface area contributed by atoms with Gasteiger partial charge in [-0.2, -0.15) is 0 Å². The van der Waals surface area contributed by atoms with E-state index >= 15 is 0 Å². The average molecular weight is 423 g/mol. The van der Waals surface area contributed by atoms with Crippen molar-refractivity contribution >= 4 is 16.7 Å². The van der Waals surface area contributed by atoms with Gasteiger partial charge >= 0.3 is 5.97 Å². The molecule has 1 aliphatic rings. The van der Waals surface area contributed by atoms with Crippen LogP contribution in [-0.4, -0.2) is 5.97 Å². The van der Waals surface area contributed by atoms with E-state index in [4.69, 9.17) is 4.74 Å². The lowest BCUT2D eigenvalue weighted by Gasteiger charge is -2.29. The zero-order chi connectivity index (χ0) is 21.9. The van der Waals surface area contributed by atoms with Crippen LogP contribution in [0.15, 0.2) is 36.4 Å². The SMILES string of the molecule is CCCCCCCCC1CCC(c2ccc3cc(OC(=O)CCCC)ccc3c2)CC1. The van der Waals surface area contributed by atoms with Crippen molar-refractivity contribution in [3.05, 3.63) is 42.0 Å². The Morgan fingerprint density at radius 2 is 1.48 bits per heavy atom. The molecule has 2 aromatic carbocycles. The lowest BCUT2D eigenvalue weighted by Crippen LogP contribution is -2.13. The highest BCUT2D eigenvalue weighted by Gasteiger charge is 2.22. The first-order chi connectivity index (χ1) is 15.2. The third kappa shape index (κ3) is 7.66. The smallest absolute Gasteiger partial charge is 0.311 e. The molecule has 0 spiro atoms. The number of fused-ring (bicyclic) bond motifs is 1. The van der Waals surface area contributed by atoms with Crippen molar-refractivity contribution < 1.29 is 9.53 Å². The maximum Gasteiger partial charge on any atom is 0.311 e. The number of carbonyl (C=O) groups is 1. The predicted octanol–water partition coefficient (Wildman–Crippen LogP) is 8.96. The van der Waals surface area contributed by atoms with E-state index in [-0.39, 0.29) is 5.97 Å². The quantitative estimate of drug-likeness (QED) is 0.194. The van der Waals surface area contributed by atoms with Gasteiger partial charge in [-0.15, -0.1) is 0 Å². The number of esters is 1. The minimum Gasteiger partial charge on any atom is -0.427 e. The molecule has 0 bridgehead atoms. The summed E-state index contributed by atoms with van der Waals surface area (Å²) < 4.78 is 5.50. The van der Waals surface area contributed by atoms with E-state index in [0.717, 1.165) is 24.1 Å². The van der Waals surface area contributed by atoms with E-state index in [0.29, 0.717) is 18.1 Å². The Labute approximate surface area is 189 Å². The van der Waals surface area contributed by atoms with Gasteiger partial charge in [0.15, 0.2) is 0 Å². The molecule has 31 heavy (non-hydrogen) atoms. The second-order valence-corrected chi connectivity index (χ2v) is 9.62. The largest absolute Gasteiger partial charge is 0.427 e. The Morgan fingerprint density at radius 1 is 0.806 bits per heavy atom. The summed E-state index contributed by atoms with van der Waals surface area (Å²) in [5.41, 5.74) is 1.48. The van der Waals surface area contributed by atoms with Gasteiger partial charge in [-0.25, -0.2) is 0 Å². The molecule has 0 atom stereocenters. The zero-order valence-electron chi connectivity index (χ0n) is 19.8. The van der Waals surface area contributed by atoms with Gasteiger partial charge in [0.1, 0.15) is 5.75 Å².